The van der Waals surface area contributed by atoms with Gasteiger partial charge >= 0.3 is 0 Å². The van der Waals surface area contributed by atoms with E-state index in [2.05, 4.69) is 9.55 Å². The summed E-state index contributed by atoms with van der Waals surface area (Å²) in [4.78, 5) is 16.5. The average molecular weight is 387 g/mol. The Morgan fingerprint density at radius 1 is 1.12 bits per heavy atom. The van der Waals surface area contributed by atoms with E-state index in [9.17, 15) is 13.2 Å². The van der Waals surface area contributed by atoms with Crippen molar-refractivity contribution >= 4 is 27.2 Å². The molecule has 2 fully saturated rings. The number of hydrogen-bond donors (Lipinski definition) is 0. The second kappa shape index (κ2) is 7.39. The molecule has 7 heteroatoms. The van der Waals surface area contributed by atoms with Crippen molar-refractivity contribution in [1.82, 2.24) is 9.55 Å². The summed E-state index contributed by atoms with van der Waals surface area (Å²) in [7, 11) is -2.97. The lowest BCUT2D eigenvalue weighted by atomic mass is 9.87. The molecule has 140 valence electrons. The van der Waals surface area contributed by atoms with Gasteiger partial charge in [0, 0.05) is 36.7 Å². The van der Waals surface area contributed by atoms with Gasteiger partial charge < -0.3 is 4.57 Å². The van der Waals surface area contributed by atoms with Crippen LogP contribution in [0.1, 0.15) is 86.6 Å². The molecule has 0 unspecified atom stereocenters. The normalized spacial score (nSPS) is 31.0. The van der Waals surface area contributed by atoms with Gasteiger partial charge in [-0.25, -0.2) is 13.4 Å². The lowest BCUT2D eigenvalue weighted by Crippen LogP contribution is -2.28. The lowest BCUT2D eigenvalue weighted by molar-refractivity contribution is 0.101. The van der Waals surface area contributed by atoms with Gasteiger partial charge in [-0.15, -0.1) is 11.6 Å². The predicted octanol–water partition coefficient (Wildman–Crippen LogP) is 3.88. The van der Waals surface area contributed by atoms with Crippen molar-refractivity contribution in [2.45, 2.75) is 80.9 Å². The maximum Gasteiger partial charge on any atom is 0.179 e. The summed E-state index contributed by atoms with van der Waals surface area (Å²) in [5.41, 5.74) is 0.522. The SMILES string of the molecule is CC(=O)c1cn(C2CCC(S(C)(=O)=O)CC2)c(C2CCC(Cl)CC2)n1. The average Bonchev–Trinajstić information content (AvgIpc) is 3.00. The van der Waals surface area contributed by atoms with E-state index in [4.69, 9.17) is 11.6 Å². The van der Waals surface area contributed by atoms with Crippen LogP contribution in [0.25, 0.3) is 0 Å². The number of Topliss-reactive ketones (excluding diaryl/α,β-unsaturated/α-hetero) is 1. The molecule has 0 N–H and O–H groups in total. The monoisotopic (exact) mass is 386 g/mol. The number of carbonyl (C=O) groups excluding carboxylic acids is 1. The number of nitrogens with zero attached hydrogens (tertiary/aromatic N) is 2. The van der Waals surface area contributed by atoms with Crippen LogP contribution < -0.4 is 0 Å². The smallest absolute Gasteiger partial charge is 0.179 e. The quantitative estimate of drug-likeness (QED) is 0.581. The number of ketones is 1. The fourth-order valence-corrected chi connectivity index (χ4v) is 5.62. The van der Waals surface area contributed by atoms with Gasteiger partial charge in [-0.1, -0.05) is 0 Å². The standard InChI is InChI=1S/C18H27ClN2O3S/c1-12(22)17-11-21(15-7-9-16(10-8-15)25(2,23)24)18(20-17)13-3-5-14(19)6-4-13/h11,13-16H,3-10H2,1-2H3. The largest absolute Gasteiger partial charge is 0.331 e. The number of alkyl halides is 1. The third kappa shape index (κ3) is 4.27. The molecule has 0 atom stereocenters. The van der Waals surface area contributed by atoms with Gasteiger partial charge in [0.2, 0.25) is 0 Å². The van der Waals surface area contributed by atoms with E-state index in [1.165, 1.54) is 6.26 Å². The van der Waals surface area contributed by atoms with Crippen LogP contribution in [0.15, 0.2) is 6.20 Å². The maximum atomic E-state index is 11.8. The van der Waals surface area contributed by atoms with Crippen LogP contribution in [0.5, 0.6) is 0 Å². The molecule has 2 saturated carbocycles. The van der Waals surface area contributed by atoms with Crippen LogP contribution in [0.3, 0.4) is 0 Å². The van der Waals surface area contributed by atoms with Crippen molar-refractivity contribution in [2.75, 3.05) is 6.26 Å². The number of sulfone groups is 1. The van der Waals surface area contributed by atoms with Crippen LogP contribution in [0, 0.1) is 0 Å². The topological polar surface area (TPSA) is 69.0 Å². The second-order valence-electron chi connectivity index (χ2n) is 7.66. The number of hydrogen-bond acceptors (Lipinski definition) is 4. The minimum Gasteiger partial charge on any atom is -0.331 e. The lowest BCUT2D eigenvalue weighted by Gasteiger charge is -2.32. The first-order valence-corrected chi connectivity index (χ1v) is 11.6. The summed E-state index contributed by atoms with van der Waals surface area (Å²) in [6, 6.07) is 0.238. The third-order valence-corrected chi connectivity index (χ3v) is 7.90. The number of carbonyl (C=O) groups is 1. The molecule has 1 aromatic heterocycles. The first kappa shape index (κ1) is 18.9. The summed E-state index contributed by atoms with van der Waals surface area (Å²) in [5, 5.41) is 0.0202. The zero-order valence-electron chi connectivity index (χ0n) is 14.9. The Hall–Kier alpha value is -0.880. The van der Waals surface area contributed by atoms with Gasteiger partial charge in [-0.2, -0.15) is 0 Å². The van der Waals surface area contributed by atoms with E-state index >= 15 is 0 Å². The molecule has 0 bridgehead atoms. The summed E-state index contributed by atoms with van der Waals surface area (Å²) in [5.74, 6) is 1.32. The molecule has 0 spiro atoms. The van der Waals surface area contributed by atoms with Crippen molar-refractivity contribution in [2.24, 2.45) is 0 Å². The Labute approximate surface area is 155 Å². The Morgan fingerprint density at radius 2 is 1.72 bits per heavy atom. The molecule has 1 aromatic rings. The molecule has 0 radical (unpaired) electrons. The molecule has 0 aliphatic heterocycles. The van der Waals surface area contributed by atoms with E-state index in [0.29, 0.717) is 24.5 Å². The van der Waals surface area contributed by atoms with Crippen LogP contribution in [0.2, 0.25) is 0 Å². The maximum absolute atomic E-state index is 11.8. The molecular weight excluding hydrogens is 360 g/mol. The fraction of sp³-hybridized carbons (Fsp3) is 0.778. The third-order valence-electron chi connectivity index (χ3n) is 5.79. The van der Waals surface area contributed by atoms with Crippen LogP contribution >= 0.6 is 11.6 Å². The fourth-order valence-electron chi connectivity index (χ4n) is 4.23. The van der Waals surface area contributed by atoms with Gasteiger partial charge in [-0.05, 0) is 51.4 Å². The van der Waals surface area contributed by atoms with Crippen molar-refractivity contribution in [3.63, 3.8) is 0 Å². The Kier molecular flexibility index (Phi) is 5.59. The number of rotatable bonds is 4. The molecule has 2 aliphatic rings. The highest BCUT2D eigenvalue weighted by atomic mass is 35.5. The highest BCUT2D eigenvalue weighted by Gasteiger charge is 2.32. The minimum absolute atomic E-state index is 0.0177. The van der Waals surface area contributed by atoms with Crippen molar-refractivity contribution in [1.29, 1.82) is 0 Å². The van der Waals surface area contributed by atoms with Crippen molar-refractivity contribution in [3.8, 4) is 0 Å². The minimum atomic E-state index is -2.97. The summed E-state index contributed by atoms with van der Waals surface area (Å²) in [6.45, 7) is 1.55. The first-order valence-electron chi connectivity index (χ1n) is 9.18. The van der Waals surface area contributed by atoms with Crippen molar-refractivity contribution < 1.29 is 13.2 Å². The van der Waals surface area contributed by atoms with E-state index in [-0.39, 0.29) is 22.5 Å². The zero-order chi connectivity index (χ0) is 18.2. The summed E-state index contributed by atoms with van der Waals surface area (Å²) in [6.07, 6.45) is 10.2. The Bertz CT molecular complexity index is 728. The molecule has 2 aliphatic carbocycles. The molecular formula is C18H27ClN2O3S. The molecule has 5 nitrogen and oxygen atoms in total. The van der Waals surface area contributed by atoms with E-state index in [1.807, 2.05) is 6.20 Å². The Morgan fingerprint density at radius 3 is 2.24 bits per heavy atom. The van der Waals surface area contributed by atoms with Crippen LogP contribution in [0.4, 0.5) is 0 Å². The molecule has 3 rings (SSSR count). The highest BCUT2D eigenvalue weighted by Crippen LogP contribution is 2.38. The molecule has 25 heavy (non-hydrogen) atoms. The highest BCUT2D eigenvalue weighted by molar-refractivity contribution is 7.91. The molecule has 0 aromatic carbocycles. The number of aromatic nitrogens is 2. The summed E-state index contributed by atoms with van der Waals surface area (Å²) < 4.78 is 25.8. The van der Waals surface area contributed by atoms with E-state index in [0.717, 1.165) is 44.3 Å². The van der Waals surface area contributed by atoms with Gasteiger partial charge in [0.15, 0.2) is 5.78 Å². The Balaban J connectivity index is 1.82. The van der Waals surface area contributed by atoms with Crippen LogP contribution in [-0.2, 0) is 9.84 Å². The number of imidazole rings is 1. The van der Waals surface area contributed by atoms with Gasteiger partial charge in [0.1, 0.15) is 21.4 Å². The first-order chi connectivity index (χ1) is 11.8. The van der Waals surface area contributed by atoms with Gasteiger partial charge in [0.05, 0.1) is 5.25 Å². The number of halogens is 1. The molecule has 0 saturated heterocycles. The predicted molar refractivity (Wildman–Crippen MR) is 99.2 cm³/mol. The van der Waals surface area contributed by atoms with Crippen molar-refractivity contribution in [3.05, 3.63) is 17.7 Å². The molecule has 0 amide bonds. The van der Waals surface area contributed by atoms with Gasteiger partial charge in [-0.3, -0.25) is 4.79 Å². The van der Waals surface area contributed by atoms with E-state index < -0.39 is 9.84 Å². The molecule has 1 heterocycles. The van der Waals surface area contributed by atoms with Crippen LogP contribution in [-0.4, -0.2) is 40.6 Å². The summed E-state index contributed by atoms with van der Waals surface area (Å²) >= 11 is 6.23. The van der Waals surface area contributed by atoms with Gasteiger partial charge in [0.25, 0.3) is 0 Å². The second-order valence-corrected chi connectivity index (χ2v) is 10.6. The zero-order valence-corrected chi connectivity index (χ0v) is 16.5. The van der Waals surface area contributed by atoms with E-state index in [1.54, 1.807) is 6.92 Å².